The van der Waals surface area contributed by atoms with Crippen LogP contribution < -0.4 is 4.74 Å². The van der Waals surface area contributed by atoms with E-state index in [4.69, 9.17) is 15.9 Å². The van der Waals surface area contributed by atoms with E-state index in [2.05, 4.69) is 30.2 Å². The van der Waals surface area contributed by atoms with Crippen molar-refractivity contribution >= 4 is 0 Å². The molecule has 2 aliphatic carbocycles. The molecule has 1 fully saturated rings. The lowest BCUT2D eigenvalue weighted by Gasteiger charge is -2.34. The van der Waals surface area contributed by atoms with Gasteiger partial charge in [-0.3, -0.25) is 0 Å². The molecular formula is C23H28O2. The van der Waals surface area contributed by atoms with E-state index in [-0.39, 0.29) is 0 Å². The van der Waals surface area contributed by atoms with Gasteiger partial charge >= 0.3 is 0 Å². The van der Waals surface area contributed by atoms with Gasteiger partial charge in [-0.25, -0.2) is 0 Å². The maximum absolute atomic E-state index is 5.41. The number of rotatable bonds is 6. The van der Waals surface area contributed by atoms with Crippen molar-refractivity contribution in [3.8, 4) is 18.1 Å². The molecule has 2 nitrogen and oxygen atoms in total. The minimum absolute atomic E-state index is 0.718. The van der Waals surface area contributed by atoms with Crippen LogP contribution in [-0.4, -0.2) is 14.2 Å². The van der Waals surface area contributed by atoms with Crippen LogP contribution in [-0.2, 0) is 11.2 Å². The number of hydrogen-bond acceptors (Lipinski definition) is 2. The normalized spacial score (nSPS) is 25.3. The third-order valence-corrected chi connectivity index (χ3v) is 5.82. The molecule has 0 radical (unpaired) electrons. The van der Waals surface area contributed by atoms with Gasteiger partial charge in [-0.2, -0.15) is 0 Å². The molecule has 0 amide bonds. The fraction of sp³-hybridized carbons (Fsp3) is 0.478. The predicted octanol–water partition coefficient (Wildman–Crippen LogP) is 5.25. The molecule has 0 N–H and O–H groups in total. The first-order valence-electron chi connectivity index (χ1n) is 9.30. The Hall–Kier alpha value is -2.14. The molecule has 1 aromatic rings. The van der Waals surface area contributed by atoms with Gasteiger partial charge in [0.15, 0.2) is 0 Å². The van der Waals surface area contributed by atoms with Crippen LogP contribution in [0.1, 0.15) is 49.1 Å². The minimum Gasteiger partial charge on any atom is -0.497 e. The van der Waals surface area contributed by atoms with E-state index in [9.17, 15) is 0 Å². The topological polar surface area (TPSA) is 18.5 Å². The van der Waals surface area contributed by atoms with Crippen LogP contribution >= 0.6 is 0 Å². The number of methoxy groups -OCH3 is 2. The van der Waals surface area contributed by atoms with Gasteiger partial charge in [-0.05, 0) is 91.3 Å². The third-order valence-electron chi connectivity index (χ3n) is 5.82. The van der Waals surface area contributed by atoms with Crippen molar-refractivity contribution in [2.45, 2.75) is 44.4 Å². The van der Waals surface area contributed by atoms with Crippen LogP contribution in [0.3, 0.4) is 0 Å². The summed E-state index contributed by atoms with van der Waals surface area (Å²) in [6, 6.07) is 6.68. The lowest BCUT2D eigenvalue weighted by Crippen LogP contribution is -2.23. The van der Waals surface area contributed by atoms with Gasteiger partial charge in [0.05, 0.1) is 14.2 Å². The molecule has 0 aliphatic heterocycles. The molecule has 2 heteroatoms. The smallest absolute Gasteiger partial charge is 0.119 e. The predicted molar refractivity (Wildman–Crippen MR) is 103 cm³/mol. The number of ether oxygens (including phenoxy) is 2. The zero-order chi connectivity index (χ0) is 17.6. The van der Waals surface area contributed by atoms with Crippen LogP contribution in [0.25, 0.3) is 0 Å². The molecule has 0 heterocycles. The summed E-state index contributed by atoms with van der Waals surface area (Å²) in [5.41, 5.74) is 3.07. The SMILES string of the molecule is C#C/C=C\C(=C/CC[C@@H]1CCC[C@H]2Cc3cc(OC)ccc3C12)OC. The first-order valence-corrected chi connectivity index (χ1v) is 9.30. The van der Waals surface area contributed by atoms with Crippen LogP contribution in [0, 0.1) is 24.2 Å². The summed E-state index contributed by atoms with van der Waals surface area (Å²) in [6.07, 6.45) is 18.5. The molecule has 1 aromatic carbocycles. The number of allylic oxidation sites excluding steroid dienone is 3. The molecule has 3 atom stereocenters. The maximum atomic E-state index is 5.41. The Morgan fingerprint density at radius 3 is 2.96 bits per heavy atom. The van der Waals surface area contributed by atoms with E-state index in [0.29, 0.717) is 0 Å². The van der Waals surface area contributed by atoms with E-state index in [1.807, 2.05) is 6.08 Å². The summed E-state index contributed by atoms with van der Waals surface area (Å²) in [5, 5.41) is 0. The highest BCUT2D eigenvalue weighted by Crippen LogP contribution is 2.51. The second-order valence-electron chi connectivity index (χ2n) is 7.13. The Morgan fingerprint density at radius 2 is 2.20 bits per heavy atom. The van der Waals surface area contributed by atoms with Gasteiger partial charge in [0.25, 0.3) is 0 Å². The second kappa shape index (κ2) is 8.30. The largest absolute Gasteiger partial charge is 0.497 e. The Labute approximate surface area is 151 Å². The van der Waals surface area contributed by atoms with Crippen molar-refractivity contribution in [3.05, 3.63) is 53.3 Å². The average Bonchev–Trinajstić information content (AvgIpc) is 3.02. The molecule has 0 saturated heterocycles. The van der Waals surface area contributed by atoms with E-state index >= 15 is 0 Å². The van der Waals surface area contributed by atoms with E-state index < -0.39 is 0 Å². The lowest BCUT2D eigenvalue weighted by atomic mass is 9.70. The van der Waals surface area contributed by atoms with Gasteiger partial charge < -0.3 is 9.47 Å². The highest BCUT2D eigenvalue weighted by Gasteiger charge is 2.39. The van der Waals surface area contributed by atoms with Crippen LogP contribution in [0.5, 0.6) is 5.75 Å². The summed E-state index contributed by atoms with van der Waals surface area (Å²) in [5.74, 6) is 6.66. The highest BCUT2D eigenvalue weighted by atomic mass is 16.5. The minimum atomic E-state index is 0.718. The number of hydrogen-bond donors (Lipinski definition) is 0. The van der Waals surface area contributed by atoms with Crippen molar-refractivity contribution in [2.24, 2.45) is 11.8 Å². The summed E-state index contributed by atoms with van der Waals surface area (Å²) >= 11 is 0. The molecule has 1 unspecified atom stereocenters. The number of benzene rings is 1. The Kier molecular flexibility index (Phi) is 5.87. The van der Waals surface area contributed by atoms with Crippen molar-refractivity contribution in [1.29, 1.82) is 0 Å². The van der Waals surface area contributed by atoms with Crippen molar-refractivity contribution < 1.29 is 9.47 Å². The van der Waals surface area contributed by atoms with Crippen LogP contribution in [0.2, 0.25) is 0 Å². The van der Waals surface area contributed by atoms with Gasteiger partial charge in [-0.15, -0.1) is 6.42 Å². The number of terminal acetylenes is 1. The first-order chi connectivity index (χ1) is 12.3. The molecule has 0 spiro atoms. The summed E-state index contributed by atoms with van der Waals surface area (Å²) < 4.78 is 10.8. The summed E-state index contributed by atoms with van der Waals surface area (Å²) in [6.45, 7) is 0. The van der Waals surface area contributed by atoms with E-state index in [1.54, 1.807) is 25.9 Å². The molecule has 0 aromatic heterocycles. The molecule has 0 bridgehead atoms. The monoisotopic (exact) mass is 336 g/mol. The molecule has 2 aliphatic rings. The standard InChI is InChI=1S/C23H28O2/c1-4-5-11-20(24-2)12-7-9-17-8-6-10-18-15-19-16-21(25-3)13-14-22(19)23(17)18/h1,5,11-14,16-18,23H,6-10,15H2,2-3H3/b11-5-,20-12+/t17-,18-,23?/m0/s1. The molecule has 25 heavy (non-hydrogen) atoms. The molecular weight excluding hydrogens is 308 g/mol. The first kappa shape index (κ1) is 17.7. The van der Waals surface area contributed by atoms with Crippen molar-refractivity contribution in [1.82, 2.24) is 0 Å². The number of fused-ring (bicyclic) bond motifs is 3. The van der Waals surface area contributed by atoms with Gasteiger partial charge in [0.1, 0.15) is 11.5 Å². The molecule has 3 rings (SSSR count). The van der Waals surface area contributed by atoms with Crippen molar-refractivity contribution in [3.63, 3.8) is 0 Å². The van der Waals surface area contributed by atoms with Gasteiger partial charge in [0, 0.05) is 0 Å². The van der Waals surface area contributed by atoms with E-state index in [0.717, 1.165) is 35.7 Å². The van der Waals surface area contributed by atoms with Crippen LogP contribution in [0.15, 0.2) is 42.2 Å². The zero-order valence-electron chi connectivity index (χ0n) is 15.3. The Balaban J connectivity index is 1.70. The van der Waals surface area contributed by atoms with Gasteiger partial charge in [0.2, 0.25) is 0 Å². The third kappa shape index (κ3) is 3.93. The fourth-order valence-corrected chi connectivity index (χ4v) is 4.73. The average molecular weight is 336 g/mol. The molecule has 132 valence electrons. The summed E-state index contributed by atoms with van der Waals surface area (Å²) in [7, 11) is 3.45. The van der Waals surface area contributed by atoms with Crippen molar-refractivity contribution in [2.75, 3.05) is 14.2 Å². The Morgan fingerprint density at radius 1 is 1.32 bits per heavy atom. The fourth-order valence-electron chi connectivity index (χ4n) is 4.73. The second-order valence-corrected chi connectivity index (χ2v) is 7.13. The quantitative estimate of drug-likeness (QED) is 0.401. The highest BCUT2D eigenvalue weighted by molar-refractivity contribution is 5.42. The molecule has 1 saturated carbocycles. The van der Waals surface area contributed by atoms with Gasteiger partial charge in [-0.1, -0.05) is 18.4 Å². The lowest BCUT2D eigenvalue weighted by molar-refractivity contribution is 0.224. The Bertz CT molecular complexity index is 693. The van der Waals surface area contributed by atoms with E-state index in [1.165, 1.54) is 37.7 Å². The summed E-state index contributed by atoms with van der Waals surface area (Å²) in [4.78, 5) is 0. The maximum Gasteiger partial charge on any atom is 0.119 e. The zero-order valence-corrected chi connectivity index (χ0v) is 15.3. The van der Waals surface area contributed by atoms with Crippen LogP contribution in [0.4, 0.5) is 0 Å².